The van der Waals surface area contributed by atoms with Crippen LogP contribution in [0.3, 0.4) is 0 Å². The summed E-state index contributed by atoms with van der Waals surface area (Å²) in [6.07, 6.45) is 0.679. The number of amides is 1. The molecular weight excluding hydrogens is 244 g/mol. The molecule has 1 rings (SSSR count). The van der Waals surface area contributed by atoms with Crippen LogP contribution in [0.25, 0.3) is 0 Å². The number of benzene rings is 1. The summed E-state index contributed by atoms with van der Waals surface area (Å²) in [4.78, 5) is 23.1. The van der Waals surface area contributed by atoms with Crippen LogP contribution in [0.15, 0.2) is 30.3 Å². The molecule has 2 unspecified atom stereocenters. The minimum atomic E-state index is -1.07. The molecular formula is C14H20N2O3. The van der Waals surface area contributed by atoms with Crippen molar-refractivity contribution in [1.82, 2.24) is 5.32 Å². The van der Waals surface area contributed by atoms with Crippen molar-refractivity contribution in [1.29, 1.82) is 0 Å². The van der Waals surface area contributed by atoms with Gasteiger partial charge in [-0.05, 0) is 18.9 Å². The molecule has 5 nitrogen and oxygen atoms in total. The van der Waals surface area contributed by atoms with E-state index in [0.717, 1.165) is 5.56 Å². The molecule has 19 heavy (non-hydrogen) atoms. The molecule has 0 spiro atoms. The van der Waals surface area contributed by atoms with Crippen LogP contribution in [0, 0.1) is 0 Å². The van der Waals surface area contributed by atoms with E-state index in [1.165, 1.54) is 0 Å². The number of carbonyl (C=O) groups excluding carboxylic acids is 1. The Morgan fingerprint density at radius 1 is 1.37 bits per heavy atom. The van der Waals surface area contributed by atoms with Gasteiger partial charge in [0.2, 0.25) is 5.91 Å². The van der Waals surface area contributed by atoms with Crippen LogP contribution >= 0.6 is 0 Å². The largest absolute Gasteiger partial charge is 0.480 e. The molecule has 4 N–H and O–H groups in total. The minimum Gasteiger partial charge on any atom is -0.480 e. The SMILES string of the molecule is CCC(C)(N)C(=O)NC(Cc1ccccc1)C(=O)O. The number of carboxylic acid groups (broad SMARTS) is 1. The highest BCUT2D eigenvalue weighted by Gasteiger charge is 2.30. The Balaban J connectivity index is 2.75. The molecule has 0 radical (unpaired) electrons. The fraction of sp³-hybridized carbons (Fsp3) is 0.429. The number of nitrogens with two attached hydrogens (primary N) is 1. The van der Waals surface area contributed by atoms with E-state index in [1.54, 1.807) is 13.8 Å². The fourth-order valence-corrected chi connectivity index (χ4v) is 1.53. The van der Waals surface area contributed by atoms with Gasteiger partial charge in [-0.1, -0.05) is 37.3 Å². The van der Waals surface area contributed by atoms with Crippen LogP contribution < -0.4 is 11.1 Å². The molecule has 0 bridgehead atoms. The first-order valence-corrected chi connectivity index (χ1v) is 6.23. The number of hydrogen-bond donors (Lipinski definition) is 3. The zero-order valence-corrected chi connectivity index (χ0v) is 11.2. The Hall–Kier alpha value is -1.88. The molecule has 0 aliphatic heterocycles. The fourth-order valence-electron chi connectivity index (χ4n) is 1.53. The normalized spacial score (nSPS) is 15.3. The zero-order chi connectivity index (χ0) is 14.5. The molecule has 1 amide bonds. The molecule has 0 aliphatic carbocycles. The van der Waals surface area contributed by atoms with E-state index in [1.807, 2.05) is 30.3 Å². The summed E-state index contributed by atoms with van der Waals surface area (Å²) in [5.74, 6) is -1.51. The monoisotopic (exact) mass is 264 g/mol. The first-order valence-electron chi connectivity index (χ1n) is 6.23. The highest BCUT2D eigenvalue weighted by Crippen LogP contribution is 2.08. The van der Waals surface area contributed by atoms with Gasteiger partial charge in [-0.15, -0.1) is 0 Å². The Kier molecular flexibility index (Phi) is 5.06. The van der Waals surface area contributed by atoms with E-state index in [9.17, 15) is 9.59 Å². The van der Waals surface area contributed by atoms with E-state index in [2.05, 4.69) is 5.32 Å². The second-order valence-electron chi connectivity index (χ2n) is 4.83. The van der Waals surface area contributed by atoms with Gasteiger partial charge in [0, 0.05) is 6.42 Å². The second-order valence-corrected chi connectivity index (χ2v) is 4.83. The predicted octanol–water partition coefficient (Wildman–Crippen LogP) is 0.926. The van der Waals surface area contributed by atoms with Crippen molar-refractivity contribution >= 4 is 11.9 Å². The van der Waals surface area contributed by atoms with Gasteiger partial charge in [-0.2, -0.15) is 0 Å². The summed E-state index contributed by atoms with van der Waals surface area (Å²) in [6, 6.07) is 8.19. The lowest BCUT2D eigenvalue weighted by Crippen LogP contribution is -2.55. The zero-order valence-electron chi connectivity index (χ0n) is 11.2. The molecule has 0 saturated heterocycles. The minimum absolute atomic E-state index is 0.238. The van der Waals surface area contributed by atoms with E-state index in [4.69, 9.17) is 10.8 Å². The van der Waals surface area contributed by atoms with Crippen molar-refractivity contribution < 1.29 is 14.7 Å². The number of rotatable bonds is 6. The van der Waals surface area contributed by atoms with E-state index >= 15 is 0 Å². The summed E-state index contributed by atoms with van der Waals surface area (Å²) in [7, 11) is 0. The third kappa shape index (κ3) is 4.37. The topological polar surface area (TPSA) is 92.4 Å². The quantitative estimate of drug-likeness (QED) is 0.712. The lowest BCUT2D eigenvalue weighted by Gasteiger charge is -2.24. The molecule has 104 valence electrons. The number of carbonyl (C=O) groups is 2. The van der Waals surface area contributed by atoms with Gasteiger partial charge in [0.1, 0.15) is 6.04 Å². The van der Waals surface area contributed by atoms with Crippen LogP contribution in [-0.2, 0) is 16.0 Å². The predicted molar refractivity (Wildman–Crippen MR) is 72.6 cm³/mol. The number of nitrogens with one attached hydrogen (secondary N) is 1. The number of carboxylic acids is 1. The van der Waals surface area contributed by atoms with Crippen molar-refractivity contribution in [2.75, 3.05) is 0 Å². The third-order valence-corrected chi connectivity index (χ3v) is 3.14. The molecule has 1 aromatic carbocycles. The third-order valence-electron chi connectivity index (χ3n) is 3.14. The lowest BCUT2D eigenvalue weighted by atomic mass is 9.98. The van der Waals surface area contributed by atoms with E-state index in [0.29, 0.717) is 6.42 Å². The van der Waals surface area contributed by atoms with Gasteiger partial charge in [0.05, 0.1) is 5.54 Å². The Morgan fingerprint density at radius 2 is 1.95 bits per heavy atom. The van der Waals surface area contributed by atoms with Crippen molar-refractivity contribution in [2.24, 2.45) is 5.73 Å². The maximum Gasteiger partial charge on any atom is 0.326 e. The Bertz CT molecular complexity index is 443. The van der Waals surface area contributed by atoms with Crippen LogP contribution in [0.4, 0.5) is 0 Å². The van der Waals surface area contributed by atoms with Crippen molar-refractivity contribution in [3.05, 3.63) is 35.9 Å². The summed E-state index contributed by atoms with van der Waals surface area (Å²) < 4.78 is 0. The van der Waals surface area contributed by atoms with Crippen molar-refractivity contribution in [3.63, 3.8) is 0 Å². The van der Waals surface area contributed by atoms with Gasteiger partial charge >= 0.3 is 5.97 Å². The molecule has 0 aromatic heterocycles. The van der Waals surface area contributed by atoms with E-state index < -0.39 is 23.5 Å². The average molecular weight is 264 g/mol. The van der Waals surface area contributed by atoms with Gasteiger partial charge in [0.25, 0.3) is 0 Å². The maximum absolute atomic E-state index is 11.9. The van der Waals surface area contributed by atoms with Crippen LogP contribution in [0.5, 0.6) is 0 Å². The molecule has 0 aliphatic rings. The lowest BCUT2D eigenvalue weighted by molar-refractivity contribution is -0.142. The summed E-state index contributed by atoms with van der Waals surface area (Å²) >= 11 is 0. The smallest absolute Gasteiger partial charge is 0.326 e. The number of hydrogen-bond acceptors (Lipinski definition) is 3. The van der Waals surface area contributed by atoms with Crippen molar-refractivity contribution in [3.8, 4) is 0 Å². The molecule has 1 aromatic rings. The maximum atomic E-state index is 11.9. The number of aliphatic carboxylic acids is 1. The van der Waals surface area contributed by atoms with Gasteiger partial charge < -0.3 is 16.2 Å². The summed E-state index contributed by atoms with van der Waals surface area (Å²) in [5, 5.41) is 11.7. The molecule has 0 heterocycles. The van der Waals surface area contributed by atoms with Crippen LogP contribution in [-0.4, -0.2) is 28.6 Å². The van der Waals surface area contributed by atoms with E-state index in [-0.39, 0.29) is 6.42 Å². The van der Waals surface area contributed by atoms with Crippen LogP contribution in [0.1, 0.15) is 25.8 Å². The second kappa shape index (κ2) is 6.33. The van der Waals surface area contributed by atoms with Gasteiger partial charge in [-0.25, -0.2) is 4.79 Å². The molecule has 0 fully saturated rings. The summed E-state index contributed by atoms with van der Waals surface area (Å²) in [5.41, 5.74) is 5.60. The van der Waals surface area contributed by atoms with Gasteiger partial charge in [0.15, 0.2) is 0 Å². The highest BCUT2D eigenvalue weighted by molar-refractivity contribution is 5.89. The molecule has 5 heteroatoms. The average Bonchev–Trinajstić information content (AvgIpc) is 2.38. The standard InChI is InChI=1S/C14H20N2O3/c1-3-14(2,15)13(19)16-11(12(17)18)9-10-7-5-4-6-8-10/h4-8,11H,3,9,15H2,1-2H3,(H,16,19)(H,17,18). The molecule has 0 saturated carbocycles. The van der Waals surface area contributed by atoms with Crippen LogP contribution in [0.2, 0.25) is 0 Å². The first kappa shape index (κ1) is 15.2. The summed E-state index contributed by atoms with van der Waals surface area (Å²) in [6.45, 7) is 3.37. The molecule has 2 atom stereocenters. The van der Waals surface area contributed by atoms with Gasteiger partial charge in [-0.3, -0.25) is 4.79 Å². The Morgan fingerprint density at radius 3 is 2.42 bits per heavy atom. The highest BCUT2D eigenvalue weighted by atomic mass is 16.4. The first-order chi connectivity index (χ1) is 8.86. The van der Waals surface area contributed by atoms with Crippen molar-refractivity contribution in [2.45, 2.75) is 38.3 Å². The Labute approximate surface area is 112 Å².